The fraction of sp³-hybridized carbons (Fsp3) is 0.500. The average molecular weight is 276 g/mol. The molecule has 0 aliphatic carbocycles. The van der Waals surface area contributed by atoms with Crippen LogP contribution in [0.15, 0.2) is 16.7 Å². The van der Waals surface area contributed by atoms with Crippen molar-refractivity contribution in [3.63, 3.8) is 0 Å². The summed E-state index contributed by atoms with van der Waals surface area (Å²) in [7, 11) is 3.74. The predicted octanol–water partition coefficient (Wildman–Crippen LogP) is 2.03. The quantitative estimate of drug-likeness (QED) is 0.834. The summed E-state index contributed by atoms with van der Waals surface area (Å²) in [6.07, 6.45) is 2.57. The molecule has 0 unspecified atom stereocenters. The maximum Gasteiger partial charge on any atom is 0.166 e. The Kier molecular flexibility index (Phi) is 4.98. The van der Waals surface area contributed by atoms with Crippen LogP contribution in [-0.2, 0) is 0 Å². The third-order valence-electron chi connectivity index (χ3n) is 2.07. The van der Waals surface area contributed by atoms with E-state index in [-0.39, 0.29) is 5.82 Å². The maximum absolute atomic E-state index is 13.5. The van der Waals surface area contributed by atoms with Crippen LogP contribution in [0.25, 0.3) is 0 Å². The number of hydrogen-bond acceptors (Lipinski definition) is 3. The van der Waals surface area contributed by atoms with Gasteiger partial charge >= 0.3 is 0 Å². The smallest absolute Gasteiger partial charge is 0.166 e. The Morgan fingerprint density at radius 3 is 2.93 bits per heavy atom. The van der Waals surface area contributed by atoms with Crippen LogP contribution in [0, 0.1) is 5.82 Å². The highest BCUT2D eigenvalue weighted by Crippen LogP contribution is 2.18. The molecule has 0 bridgehead atoms. The van der Waals surface area contributed by atoms with Gasteiger partial charge in [-0.1, -0.05) is 0 Å². The van der Waals surface area contributed by atoms with Crippen LogP contribution in [0.3, 0.4) is 0 Å². The van der Waals surface area contributed by atoms with Crippen LogP contribution < -0.4 is 10.2 Å². The van der Waals surface area contributed by atoms with Crippen molar-refractivity contribution in [1.29, 1.82) is 0 Å². The zero-order chi connectivity index (χ0) is 11.3. The molecular weight excluding hydrogens is 261 g/mol. The molecule has 0 saturated heterocycles. The lowest BCUT2D eigenvalue weighted by atomic mass is 10.3. The molecule has 0 atom stereocenters. The van der Waals surface area contributed by atoms with Gasteiger partial charge in [0.15, 0.2) is 11.6 Å². The first-order valence-electron chi connectivity index (χ1n) is 4.82. The number of hydrogen-bond donors (Lipinski definition) is 1. The summed E-state index contributed by atoms with van der Waals surface area (Å²) in [4.78, 5) is 5.86. The summed E-state index contributed by atoms with van der Waals surface area (Å²) >= 11 is 3.18. The molecule has 1 N–H and O–H groups in total. The number of anilines is 1. The highest BCUT2D eigenvalue weighted by atomic mass is 79.9. The van der Waals surface area contributed by atoms with E-state index in [2.05, 4.69) is 26.2 Å². The molecule has 1 aromatic rings. The van der Waals surface area contributed by atoms with E-state index in [0.717, 1.165) is 19.5 Å². The minimum Gasteiger partial charge on any atom is -0.357 e. The molecule has 1 heterocycles. The van der Waals surface area contributed by atoms with E-state index in [9.17, 15) is 4.39 Å². The van der Waals surface area contributed by atoms with Crippen LogP contribution in [0.1, 0.15) is 6.42 Å². The van der Waals surface area contributed by atoms with Crippen LogP contribution in [0.2, 0.25) is 0 Å². The van der Waals surface area contributed by atoms with Gasteiger partial charge in [0.1, 0.15) is 0 Å². The Labute approximate surface area is 97.8 Å². The van der Waals surface area contributed by atoms with Gasteiger partial charge in [-0.2, -0.15) is 0 Å². The number of pyridine rings is 1. The van der Waals surface area contributed by atoms with Crippen LogP contribution in [0.5, 0.6) is 0 Å². The van der Waals surface area contributed by atoms with Crippen molar-refractivity contribution in [3.05, 3.63) is 22.6 Å². The zero-order valence-corrected chi connectivity index (χ0v) is 10.5. The van der Waals surface area contributed by atoms with E-state index in [4.69, 9.17) is 0 Å². The van der Waals surface area contributed by atoms with Gasteiger partial charge in [0.25, 0.3) is 0 Å². The number of nitrogens with zero attached hydrogens (tertiary/aromatic N) is 2. The molecule has 0 fully saturated rings. The van der Waals surface area contributed by atoms with Gasteiger partial charge in [-0.3, -0.25) is 0 Å². The molecule has 1 aromatic heterocycles. The minimum atomic E-state index is -0.295. The number of nitrogens with one attached hydrogen (secondary N) is 1. The standard InChI is InChI=1S/C10H15BrFN3/c1-13-4-3-5-15(2)10-9(12)6-8(11)7-14-10/h6-7,13H,3-5H2,1-2H3. The van der Waals surface area contributed by atoms with Gasteiger partial charge in [0, 0.05) is 24.3 Å². The lowest BCUT2D eigenvalue weighted by molar-refractivity contribution is 0.609. The number of rotatable bonds is 5. The minimum absolute atomic E-state index is 0.295. The van der Waals surface area contributed by atoms with Crippen LogP contribution in [0.4, 0.5) is 10.2 Å². The first kappa shape index (κ1) is 12.4. The van der Waals surface area contributed by atoms with Gasteiger partial charge in [-0.25, -0.2) is 9.37 Å². The molecule has 0 saturated carbocycles. The molecule has 5 heteroatoms. The van der Waals surface area contributed by atoms with Crippen molar-refractivity contribution in [1.82, 2.24) is 10.3 Å². The van der Waals surface area contributed by atoms with Crippen molar-refractivity contribution in [2.24, 2.45) is 0 Å². The van der Waals surface area contributed by atoms with E-state index in [1.165, 1.54) is 6.07 Å². The van der Waals surface area contributed by atoms with Crippen LogP contribution >= 0.6 is 15.9 Å². The van der Waals surface area contributed by atoms with Crippen LogP contribution in [-0.4, -0.2) is 32.2 Å². The Bertz CT molecular complexity index is 320. The fourth-order valence-corrected chi connectivity index (χ4v) is 1.59. The molecule has 1 rings (SSSR count). The molecule has 0 spiro atoms. The van der Waals surface area contributed by atoms with Gasteiger partial charge < -0.3 is 10.2 Å². The zero-order valence-electron chi connectivity index (χ0n) is 8.93. The second-order valence-corrected chi connectivity index (χ2v) is 4.25. The fourth-order valence-electron chi connectivity index (χ4n) is 1.29. The summed E-state index contributed by atoms with van der Waals surface area (Å²) in [6.45, 7) is 1.70. The normalized spacial score (nSPS) is 10.4. The van der Waals surface area contributed by atoms with Crippen molar-refractivity contribution < 1.29 is 4.39 Å². The van der Waals surface area contributed by atoms with Crippen molar-refractivity contribution in [2.75, 3.05) is 32.1 Å². The summed E-state index contributed by atoms with van der Waals surface area (Å²) < 4.78 is 14.1. The Morgan fingerprint density at radius 1 is 1.60 bits per heavy atom. The van der Waals surface area contributed by atoms with Gasteiger partial charge in [0.05, 0.1) is 0 Å². The van der Waals surface area contributed by atoms with E-state index < -0.39 is 0 Å². The molecule has 0 aliphatic rings. The topological polar surface area (TPSA) is 28.2 Å². The Hall–Kier alpha value is -0.680. The van der Waals surface area contributed by atoms with Crippen molar-refractivity contribution >= 4 is 21.7 Å². The monoisotopic (exact) mass is 275 g/mol. The molecule has 0 aliphatic heterocycles. The lowest BCUT2D eigenvalue weighted by Crippen LogP contribution is -2.23. The van der Waals surface area contributed by atoms with E-state index in [1.54, 1.807) is 6.20 Å². The van der Waals surface area contributed by atoms with Gasteiger partial charge in [-0.05, 0) is 42.0 Å². The Balaban J connectivity index is 2.61. The number of halogens is 2. The summed E-state index contributed by atoms with van der Waals surface area (Å²) in [6, 6.07) is 1.43. The van der Waals surface area contributed by atoms with E-state index in [1.807, 2.05) is 19.0 Å². The predicted molar refractivity (Wildman–Crippen MR) is 63.7 cm³/mol. The number of aromatic nitrogens is 1. The van der Waals surface area contributed by atoms with Crippen molar-refractivity contribution in [2.45, 2.75) is 6.42 Å². The third kappa shape index (κ3) is 3.76. The average Bonchev–Trinajstić information content (AvgIpc) is 2.17. The summed E-state index contributed by atoms with van der Waals surface area (Å²) in [5.41, 5.74) is 0. The largest absolute Gasteiger partial charge is 0.357 e. The molecule has 84 valence electrons. The highest BCUT2D eigenvalue weighted by molar-refractivity contribution is 9.10. The maximum atomic E-state index is 13.5. The highest BCUT2D eigenvalue weighted by Gasteiger charge is 2.08. The van der Waals surface area contributed by atoms with Crippen molar-refractivity contribution in [3.8, 4) is 0 Å². The molecule has 0 aromatic carbocycles. The molecular formula is C10H15BrFN3. The molecule has 3 nitrogen and oxygen atoms in total. The first-order valence-corrected chi connectivity index (χ1v) is 5.61. The third-order valence-corrected chi connectivity index (χ3v) is 2.50. The first-order chi connectivity index (χ1) is 7.15. The second-order valence-electron chi connectivity index (χ2n) is 3.34. The van der Waals surface area contributed by atoms with E-state index >= 15 is 0 Å². The second kappa shape index (κ2) is 6.02. The lowest BCUT2D eigenvalue weighted by Gasteiger charge is -2.18. The summed E-state index contributed by atoms with van der Waals surface area (Å²) in [5.74, 6) is 0.102. The van der Waals surface area contributed by atoms with Gasteiger partial charge in [-0.15, -0.1) is 0 Å². The van der Waals surface area contributed by atoms with E-state index in [0.29, 0.717) is 10.3 Å². The molecule has 0 amide bonds. The Morgan fingerprint density at radius 2 is 2.33 bits per heavy atom. The van der Waals surface area contributed by atoms with Gasteiger partial charge in [0.2, 0.25) is 0 Å². The SMILES string of the molecule is CNCCCN(C)c1ncc(Br)cc1F. The molecule has 0 radical (unpaired) electrons. The molecule has 15 heavy (non-hydrogen) atoms. The summed E-state index contributed by atoms with van der Waals surface area (Å²) in [5, 5.41) is 3.05.